The van der Waals surface area contributed by atoms with Gasteiger partial charge in [-0.05, 0) is 6.92 Å². The molecule has 0 saturated carbocycles. The fourth-order valence-electron chi connectivity index (χ4n) is 1.97. The van der Waals surface area contributed by atoms with E-state index in [2.05, 4.69) is 17.1 Å². The normalized spacial score (nSPS) is 28.6. The van der Waals surface area contributed by atoms with E-state index in [1.54, 1.807) is 0 Å². The molecule has 0 aromatic carbocycles. The Hall–Kier alpha value is -0.170. The highest BCUT2D eigenvalue weighted by Gasteiger charge is 2.32. The summed E-state index contributed by atoms with van der Waals surface area (Å²) in [7, 11) is -2.76. The molecule has 5 nitrogen and oxygen atoms in total. The van der Waals surface area contributed by atoms with Crippen molar-refractivity contribution in [1.82, 2.24) is 10.2 Å². The van der Waals surface area contributed by atoms with Gasteiger partial charge >= 0.3 is 0 Å². The van der Waals surface area contributed by atoms with Gasteiger partial charge in [0.2, 0.25) is 0 Å². The molecule has 0 aliphatic carbocycles. The Bertz CT molecular complexity index is 324. The summed E-state index contributed by atoms with van der Waals surface area (Å²) in [5, 5.41) is 3.18. The highest BCUT2D eigenvalue weighted by molar-refractivity contribution is 7.91. The summed E-state index contributed by atoms with van der Waals surface area (Å²) in [5.41, 5.74) is 0.00185. The lowest BCUT2D eigenvalue weighted by atomic mass is 10.0. The lowest BCUT2D eigenvalue weighted by Crippen LogP contribution is -2.59. The number of rotatable bonds is 4. The van der Waals surface area contributed by atoms with Crippen LogP contribution in [0.3, 0.4) is 0 Å². The zero-order valence-corrected chi connectivity index (χ0v) is 10.6. The van der Waals surface area contributed by atoms with Crippen LogP contribution in [0, 0.1) is 0 Å². The number of sulfone groups is 1. The van der Waals surface area contributed by atoms with E-state index in [0.717, 1.165) is 19.6 Å². The second-order valence-electron chi connectivity index (χ2n) is 4.90. The van der Waals surface area contributed by atoms with Crippen LogP contribution < -0.4 is 5.32 Å². The van der Waals surface area contributed by atoms with E-state index in [-0.39, 0.29) is 5.60 Å². The molecule has 2 heterocycles. The standard InChI is InChI=1S/C10H20N2O3S/c1-10(8-11-9-10)15-5-2-12-3-6-16(13,14)7-4-12/h11H,2-9H2,1H3. The summed E-state index contributed by atoms with van der Waals surface area (Å²) in [5.74, 6) is 0.595. The van der Waals surface area contributed by atoms with Crippen LogP contribution in [0.15, 0.2) is 0 Å². The van der Waals surface area contributed by atoms with Crippen molar-refractivity contribution in [2.45, 2.75) is 12.5 Å². The largest absolute Gasteiger partial charge is 0.371 e. The van der Waals surface area contributed by atoms with E-state index >= 15 is 0 Å². The maximum atomic E-state index is 11.2. The topological polar surface area (TPSA) is 58.6 Å². The van der Waals surface area contributed by atoms with Crippen LogP contribution in [-0.2, 0) is 14.6 Å². The lowest BCUT2D eigenvalue weighted by molar-refractivity contribution is -0.0717. The molecule has 6 heteroatoms. The van der Waals surface area contributed by atoms with Crippen LogP contribution in [-0.4, -0.2) is 69.8 Å². The minimum Gasteiger partial charge on any atom is -0.371 e. The predicted octanol–water partition coefficient (Wildman–Crippen LogP) is -0.905. The molecule has 0 aromatic rings. The van der Waals surface area contributed by atoms with Crippen molar-refractivity contribution in [3.63, 3.8) is 0 Å². The van der Waals surface area contributed by atoms with Gasteiger partial charge in [0.25, 0.3) is 0 Å². The van der Waals surface area contributed by atoms with Crippen LogP contribution in [0.2, 0.25) is 0 Å². The predicted molar refractivity (Wildman–Crippen MR) is 62.3 cm³/mol. The summed E-state index contributed by atoms with van der Waals surface area (Å²) < 4.78 is 28.2. The monoisotopic (exact) mass is 248 g/mol. The average Bonchev–Trinajstić information content (AvgIpc) is 2.18. The van der Waals surface area contributed by atoms with E-state index in [0.29, 0.717) is 31.2 Å². The highest BCUT2D eigenvalue weighted by Crippen LogP contribution is 2.15. The van der Waals surface area contributed by atoms with Gasteiger partial charge in [0, 0.05) is 32.7 Å². The van der Waals surface area contributed by atoms with Crippen molar-refractivity contribution in [3.05, 3.63) is 0 Å². The fraction of sp³-hybridized carbons (Fsp3) is 1.00. The molecule has 2 fully saturated rings. The van der Waals surface area contributed by atoms with Crippen LogP contribution in [0.5, 0.6) is 0 Å². The Kier molecular flexibility index (Phi) is 3.53. The Labute approximate surface area is 97.1 Å². The van der Waals surface area contributed by atoms with Gasteiger partial charge in [-0.1, -0.05) is 0 Å². The zero-order chi connectivity index (χ0) is 11.6. The van der Waals surface area contributed by atoms with Crippen LogP contribution in [0.25, 0.3) is 0 Å². The summed E-state index contributed by atoms with van der Waals surface area (Å²) in [6, 6.07) is 0. The summed E-state index contributed by atoms with van der Waals surface area (Å²) >= 11 is 0. The third-order valence-corrected chi connectivity index (χ3v) is 4.90. The van der Waals surface area contributed by atoms with Gasteiger partial charge in [-0.15, -0.1) is 0 Å². The molecule has 1 N–H and O–H groups in total. The molecule has 0 atom stereocenters. The number of ether oxygens (including phenoxy) is 1. The Morgan fingerprint density at radius 2 is 1.94 bits per heavy atom. The van der Waals surface area contributed by atoms with E-state index < -0.39 is 9.84 Å². The minimum absolute atomic E-state index is 0.00185. The minimum atomic E-state index is -2.76. The quantitative estimate of drug-likeness (QED) is 0.698. The molecule has 16 heavy (non-hydrogen) atoms. The second kappa shape index (κ2) is 4.60. The van der Waals surface area contributed by atoms with Gasteiger partial charge in [0.15, 0.2) is 9.84 Å². The maximum Gasteiger partial charge on any atom is 0.152 e. The summed E-state index contributed by atoms with van der Waals surface area (Å²) in [4.78, 5) is 2.16. The zero-order valence-electron chi connectivity index (χ0n) is 9.74. The van der Waals surface area contributed by atoms with Gasteiger partial charge in [0.1, 0.15) is 0 Å². The SMILES string of the molecule is CC1(OCCN2CCS(=O)(=O)CC2)CNC1. The van der Waals surface area contributed by atoms with Crippen LogP contribution in [0.1, 0.15) is 6.92 Å². The first-order valence-corrected chi connectivity index (χ1v) is 7.59. The molecule has 0 aromatic heterocycles. The average molecular weight is 248 g/mol. The molecule has 0 unspecified atom stereocenters. The molecule has 0 bridgehead atoms. The molecule has 2 rings (SSSR count). The van der Waals surface area contributed by atoms with Crippen molar-refractivity contribution >= 4 is 9.84 Å². The highest BCUT2D eigenvalue weighted by atomic mass is 32.2. The van der Waals surface area contributed by atoms with Gasteiger partial charge in [0.05, 0.1) is 23.7 Å². The fourth-order valence-corrected chi connectivity index (χ4v) is 3.25. The van der Waals surface area contributed by atoms with Gasteiger partial charge < -0.3 is 10.1 Å². The van der Waals surface area contributed by atoms with Crippen LogP contribution >= 0.6 is 0 Å². The van der Waals surface area contributed by atoms with Crippen molar-refractivity contribution in [2.75, 3.05) is 50.8 Å². The molecular weight excluding hydrogens is 228 g/mol. The third-order valence-electron chi connectivity index (χ3n) is 3.29. The number of hydrogen-bond donors (Lipinski definition) is 1. The molecule has 94 valence electrons. The van der Waals surface area contributed by atoms with Gasteiger partial charge in [-0.2, -0.15) is 0 Å². The molecule has 0 radical (unpaired) electrons. The lowest BCUT2D eigenvalue weighted by Gasteiger charge is -2.39. The van der Waals surface area contributed by atoms with Crippen molar-refractivity contribution in [2.24, 2.45) is 0 Å². The van der Waals surface area contributed by atoms with E-state index in [4.69, 9.17) is 4.74 Å². The van der Waals surface area contributed by atoms with E-state index in [1.165, 1.54) is 0 Å². The number of nitrogens with zero attached hydrogens (tertiary/aromatic N) is 1. The van der Waals surface area contributed by atoms with Crippen molar-refractivity contribution in [1.29, 1.82) is 0 Å². The van der Waals surface area contributed by atoms with E-state index in [9.17, 15) is 8.42 Å². The first-order valence-electron chi connectivity index (χ1n) is 5.77. The smallest absolute Gasteiger partial charge is 0.152 e. The summed E-state index contributed by atoms with van der Waals surface area (Å²) in [6.45, 7) is 6.78. The van der Waals surface area contributed by atoms with Crippen molar-refractivity contribution in [3.8, 4) is 0 Å². The molecule has 2 saturated heterocycles. The van der Waals surface area contributed by atoms with E-state index in [1.807, 2.05) is 0 Å². The first-order chi connectivity index (χ1) is 7.49. The number of hydrogen-bond acceptors (Lipinski definition) is 5. The molecule has 0 spiro atoms. The molecule has 2 aliphatic rings. The summed E-state index contributed by atoms with van der Waals surface area (Å²) in [6.07, 6.45) is 0. The maximum absolute atomic E-state index is 11.2. The first kappa shape index (κ1) is 12.3. The van der Waals surface area contributed by atoms with Crippen molar-refractivity contribution < 1.29 is 13.2 Å². The second-order valence-corrected chi connectivity index (χ2v) is 7.20. The van der Waals surface area contributed by atoms with Crippen LogP contribution in [0.4, 0.5) is 0 Å². The molecular formula is C10H20N2O3S. The Balaban J connectivity index is 1.64. The Morgan fingerprint density at radius 1 is 1.31 bits per heavy atom. The van der Waals surface area contributed by atoms with Gasteiger partial charge in [-0.3, -0.25) is 4.90 Å². The number of nitrogens with one attached hydrogen (secondary N) is 1. The Morgan fingerprint density at radius 3 is 2.44 bits per heavy atom. The molecule has 2 aliphatic heterocycles. The van der Waals surface area contributed by atoms with Gasteiger partial charge in [-0.25, -0.2) is 8.42 Å². The molecule has 0 amide bonds. The third kappa shape index (κ3) is 3.16.